The number of carbonyl (C=O) groups excluding carboxylic acids is 2. The summed E-state index contributed by atoms with van der Waals surface area (Å²) in [5, 5.41) is 3.54. The van der Waals surface area contributed by atoms with E-state index in [4.69, 9.17) is 13.9 Å². The van der Waals surface area contributed by atoms with Gasteiger partial charge in [0.2, 0.25) is 0 Å². The summed E-state index contributed by atoms with van der Waals surface area (Å²) in [4.78, 5) is 24.1. The fraction of sp³-hybridized carbons (Fsp3) is 0.238. The highest BCUT2D eigenvalue weighted by molar-refractivity contribution is 5.94. The predicted molar refractivity (Wildman–Crippen MR) is 102 cm³/mol. The van der Waals surface area contributed by atoms with E-state index in [2.05, 4.69) is 5.32 Å². The highest BCUT2D eigenvalue weighted by Crippen LogP contribution is 2.27. The molecule has 1 heterocycles. The standard InChI is InChI=1S/C21H21NO5/c1-13-8-9-16-15(11-27-21(16)14(13)2)10-20(24)26-12-19(23)22-17-6-4-5-7-18(17)25-3/h4-9,11H,10,12H2,1-3H3,(H,22,23). The second-order valence-corrected chi connectivity index (χ2v) is 6.23. The molecule has 0 saturated heterocycles. The van der Waals surface area contributed by atoms with Crippen LogP contribution in [0.15, 0.2) is 47.1 Å². The van der Waals surface area contributed by atoms with E-state index in [0.29, 0.717) is 11.4 Å². The van der Waals surface area contributed by atoms with Crippen molar-refractivity contribution in [3.8, 4) is 5.75 Å². The Balaban J connectivity index is 1.58. The van der Waals surface area contributed by atoms with Crippen molar-refractivity contribution in [2.45, 2.75) is 20.3 Å². The quantitative estimate of drug-likeness (QED) is 0.671. The van der Waals surface area contributed by atoms with Crippen LogP contribution in [-0.2, 0) is 20.7 Å². The summed E-state index contributed by atoms with van der Waals surface area (Å²) >= 11 is 0. The zero-order chi connectivity index (χ0) is 19.4. The third kappa shape index (κ3) is 4.11. The number of amides is 1. The van der Waals surface area contributed by atoms with Crippen molar-refractivity contribution in [2.75, 3.05) is 19.0 Å². The van der Waals surface area contributed by atoms with Gasteiger partial charge >= 0.3 is 5.97 Å². The number of esters is 1. The number of fused-ring (bicyclic) bond motifs is 1. The lowest BCUT2D eigenvalue weighted by atomic mass is 10.0. The number of aryl methyl sites for hydroxylation is 2. The van der Waals surface area contributed by atoms with E-state index >= 15 is 0 Å². The van der Waals surface area contributed by atoms with Crippen LogP contribution in [0.5, 0.6) is 5.75 Å². The van der Waals surface area contributed by atoms with Gasteiger partial charge in [-0.25, -0.2) is 0 Å². The molecule has 0 spiro atoms. The van der Waals surface area contributed by atoms with Crippen molar-refractivity contribution in [2.24, 2.45) is 0 Å². The van der Waals surface area contributed by atoms with Gasteiger partial charge in [-0.2, -0.15) is 0 Å². The van der Waals surface area contributed by atoms with E-state index < -0.39 is 11.9 Å². The van der Waals surface area contributed by atoms with Gasteiger partial charge in [-0.1, -0.05) is 24.3 Å². The zero-order valence-electron chi connectivity index (χ0n) is 15.5. The first-order valence-electron chi connectivity index (χ1n) is 8.54. The molecule has 1 amide bonds. The van der Waals surface area contributed by atoms with E-state index in [-0.39, 0.29) is 13.0 Å². The minimum atomic E-state index is -0.494. The first-order valence-corrected chi connectivity index (χ1v) is 8.54. The van der Waals surface area contributed by atoms with Crippen molar-refractivity contribution in [3.63, 3.8) is 0 Å². The van der Waals surface area contributed by atoms with Gasteiger partial charge in [0, 0.05) is 10.9 Å². The molecule has 0 aliphatic carbocycles. The predicted octanol–water partition coefficient (Wildman–Crippen LogP) is 3.78. The van der Waals surface area contributed by atoms with Crippen molar-refractivity contribution in [1.29, 1.82) is 0 Å². The number of nitrogens with one attached hydrogen (secondary N) is 1. The highest BCUT2D eigenvalue weighted by Gasteiger charge is 2.15. The van der Waals surface area contributed by atoms with Crippen LogP contribution in [0.2, 0.25) is 0 Å². The molecule has 0 aliphatic rings. The Kier molecular flexibility index (Phi) is 5.45. The summed E-state index contributed by atoms with van der Waals surface area (Å²) in [6.45, 7) is 3.61. The zero-order valence-corrected chi connectivity index (χ0v) is 15.5. The van der Waals surface area contributed by atoms with E-state index in [1.165, 1.54) is 7.11 Å². The smallest absolute Gasteiger partial charge is 0.310 e. The number of para-hydroxylation sites is 2. The number of methoxy groups -OCH3 is 1. The summed E-state index contributed by atoms with van der Waals surface area (Å²) < 4.78 is 15.9. The molecule has 27 heavy (non-hydrogen) atoms. The molecule has 0 bridgehead atoms. The average molecular weight is 367 g/mol. The maximum absolute atomic E-state index is 12.1. The summed E-state index contributed by atoms with van der Waals surface area (Å²) in [7, 11) is 1.52. The number of rotatable bonds is 6. The minimum absolute atomic E-state index is 0.0391. The maximum atomic E-state index is 12.1. The molecule has 0 atom stereocenters. The van der Waals surface area contributed by atoms with Crippen LogP contribution < -0.4 is 10.1 Å². The Hall–Kier alpha value is -3.28. The molecule has 3 aromatic rings. The number of anilines is 1. The van der Waals surface area contributed by atoms with Crippen LogP contribution in [0.4, 0.5) is 5.69 Å². The Morgan fingerprint density at radius 2 is 1.89 bits per heavy atom. The van der Waals surface area contributed by atoms with Gasteiger partial charge < -0.3 is 19.2 Å². The summed E-state index contributed by atoms with van der Waals surface area (Å²) in [6, 6.07) is 10.9. The molecule has 6 nitrogen and oxygen atoms in total. The fourth-order valence-electron chi connectivity index (χ4n) is 2.81. The molecule has 6 heteroatoms. The van der Waals surface area contributed by atoms with Gasteiger partial charge in [0.25, 0.3) is 5.91 Å². The molecule has 3 rings (SSSR count). The second-order valence-electron chi connectivity index (χ2n) is 6.23. The number of hydrogen-bond acceptors (Lipinski definition) is 5. The van der Waals surface area contributed by atoms with Crippen LogP contribution in [-0.4, -0.2) is 25.6 Å². The third-order valence-corrected chi connectivity index (χ3v) is 4.42. The number of carbonyl (C=O) groups is 2. The van der Waals surface area contributed by atoms with Gasteiger partial charge in [0.15, 0.2) is 6.61 Å². The van der Waals surface area contributed by atoms with Crippen LogP contribution in [0.25, 0.3) is 11.0 Å². The van der Waals surface area contributed by atoms with Gasteiger partial charge in [0.05, 0.1) is 25.5 Å². The fourth-order valence-corrected chi connectivity index (χ4v) is 2.81. The first kappa shape index (κ1) is 18.5. The van der Waals surface area contributed by atoms with Crippen LogP contribution in [0.3, 0.4) is 0 Å². The van der Waals surface area contributed by atoms with Crippen molar-refractivity contribution in [1.82, 2.24) is 0 Å². The Morgan fingerprint density at radius 1 is 1.11 bits per heavy atom. The van der Waals surface area contributed by atoms with E-state index in [1.54, 1.807) is 30.5 Å². The monoisotopic (exact) mass is 367 g/mol. The number of hydrogen-bond donors (Lipinski definition) is 1. The lowest BCUT2D eigenvalue weighted by Gasteiger charge is -2.10. The van der Waals surface area contributed by atoms with E-state index in [9.17, 15) is 9.59 Å². The molecular weight excluding hydrogens is 346 g/mol. The normalized spacial score (nSPS) is 10.6. The lowest BCUT2D eigenvalue weighted by Crippen LogP contribution is -2.21. The summed E-state index contributed by atoms with van der Waals surface area (Å²) in [6.07, 6.45) is 1.60. The number of benzene rings is 2. The second kappa shape index (κ2) is 7.95. The first-order chi connectivity index (χ1) is 13.0. The van der Waals surface area contributed by atoms with Gasteiger partial charge in [-0.05, 0) is 37.1 Å². The largest absolute Gasteiger partial charge is 0.495 e. The van der Waals surface area contributed by atoms with Gasteiger partial charge in [-0.3, -0.25) is 9.59 Å². The molecule has 0 aliphatic heterocycles. The summed E-state index contributed by atoms with van der Waals surface area (Å²) in [5.41, 5.74) is 4.20. The number of furan rings is 1. The lowest BCUT2D eigenvalue weighted by molar-refractivity contribution is -0.146. The molecule has 0 fully saturated rings. The van der Waals surface area contributed by atoms with Crippen LogP contribution >= 0.6 is 0 Å². The van der Waals surface area contributed by atoms with E-state index in [0.717, 1.165) is 27.7 Å². The van der Waals surface area contributed by atoms with Crippen molar-refractivity contribution < 1.29 is 23.5 Å². The van der Waals surface area contributed by atoms with Crippen molar-refractivity contribution >= 4 is 28.5 Å². The van der Waals surface area contributed by atoms with Gasteiger partial charge in [-0.15, -0.1) is 0 Å². The molecule has 0 radical (unpaired) electrons. The molecule has 140 valence electrons. The Labute approximate surface area is 157 Å². The van der Waals surface area contributed by atoms with Gasteiger partial charge in [0.1, 0.15) is 11.3 Å². The molecule has 0 saturated carbocycles. The molecule has 1 aromatic heterocycles. The van der Waals surface area contributed by atoms with Crippen LogP contribution in [0, 0.1) is 13.8 Å². The SMILES string of the molecule is COc1ccccc1NC(=O)COC(=O)Cc1coc2c(C)c(C)ccc12. The molecular formula is C21H21NO5. The minimum Gasteiger partial charge on any atom is -0.495 e. The highest BCUT2D eigenvalue weighted by atomic mass is 16.5. The average Bonchev–Trinajstić information content (AvgIpc) is 3.07. The topological polar surface area (TPSA) is 77.8 Å². The molecule has 0 unspecified atom stereocenters. The Bertz CT molecular complexity index is 989. The molecule has 1 N–H and O–H groups in total. The summed E-state index contributed by atoms with van der Waals surface area (Å²) in [5.74, 6) is -0.393. The third-order valence-electron chi connectivity index (χ3n) is 4.42. The number of ether oxygens (including phenoxy) is 2. The van der Waals surface area contributed by atoms with Crippen molar-refractivity contribution in [3.05, 3.63) is 59.4 Å². The van der Waals surface area contributed by atoms with E-state index in [1.807, 2.05) is 26.0 Å². The maximum Gasteiger partial charge on any atom is 0.310 e. The van der Waals surface area contributed by atoms with Crippen LogP contribution in [0.1, 0.15) is 16.7 Å². The molecule has 2 aromatic carbocycles. The Morgan fingerprint density at radius 3 is 2.67 bits per heavy atom.